The lowest BCUT2D eigenvalue weighted by molar-refractivity contribution is -0.137. The van der Waals surface area contributed by atoms with Crippen LogP contribution in [-0.2, 0) is 11.0 Å². The second-order valence-electron chi connectivity index (χ2n) is 5.74. The first-order chi connectivity index (χ1) is 14.2. The molecule has 30 heavy (non-hydrogen) atoms. The van der Waals surface area contributed by atoms with E-state index in [1.807, 2.05) is 0 Å². The summed E-state index contributed by atoms with van der Waals surface area (Å²) < 4.78 is 38.2. The molecule has 0 bridgehead atoms. The van der Waals surface area contributed by atoms with Gasteiger partial charge in [-0.05, 0) is 42.0 Å². The van der Waals surface area contributed by atoms with E-state index in [-0.39, 0.29) is 10.8 Å². The minimum absolute atomic E-state index is 0.0478. The van der Waals surface area contributed by atoms with Crippen LogP contribution < -0.4 is 5.32 Å². The summed E-state index contributed by atoms with van der Waals surface area (Å²) in [6, 6.07) is 9.36. The van der Waals surface area contributed by atoms with Crippen molar-refractivity contribution in [3.05, 3.63) is 75.9 Å². The summed E-state index contributed by atoms with van der Waals surface area (Å²) in [6.07, 6.45) is -0.315. The predicted molar refractivity (Wildman–Crippen MR) is 112 cm³/mol. The van der Waals surface area contributed by atoms with Gasteiger partial charge in [0.05, 0.1) is 17.4 Å². The fourth-order valence-electron chi connectivity index (χ4n) is 2.17. The van der Waals surface area contributed by atoms with Gasteiger partial charge in [0.15, 0.2) is 10.1 Å². The number of halogens is 5. The van der Waals surface area contributed by atoms with Crippen molar-refractivity contribution in [1.82, 2.24) is 4.98 Å². The maximum absolute atomic E-state index is 12.7. The van der Waals surface area contributed by atoms with Gasteiger partial charge in [-0.3, -0.25) is 10.1 Å². The molecule has 1 heterocycles. The topological polar surface area (TPSA) is 66.7 Å². The first-order valence-electron chi connectivity index (χ1n) is 8.20. The number of azo groups is 1. The van der Waals surface area contributed by atoms with E-state index in [9.17, 15) is 18.0 Å². The second-order valence-corrected chi connectivity index (χ2v) is 7.59. The Morgan fingerprint density at radius 3 is 2.67 bits per heavy atom. The van der Waals surface area contributed by atoms with E-state index in [2.05, 4.69) is 20.5 Å². The van der Waals surface area contributed by atoms with Crippen LogP contribution >= 0.6 is 34.5 Å². The van der Waals surface area contributed by atoms with Crippen molar-refractivity contribution in [2.24, 2.45) is 10.2 Å². The van der Waals surface area contributed by atoms with E-state index < -0.39 is 17.6 Å². The summed E-state index contributed by atoms with van der Waals surface area (Å²) in [5.41, 5.74) is -0.152. The highest BCUT2D eigenvalue weighted by Gasteiger charge is 2.30. The van der Waals surface area contributed by atoms with Crippen molar-refractivity contribution in [2.75, 3.05) is 5.32 Å². The van der Waals surface area contributed by atoms with Gasteiger partial charge in [0, 0.05) is 16.1 Å². The average molecular weight is 471 g/mol. The smallest absolute Gasteiger partial charge is 0.298 e. The van der Waals surface area contributed by atoms with Gasteiger partial charge in [-0.1, -0.05) is 46.7 Å². The molecule has 1 aromatic heterocycles. The minimum atomic E-state index is -4.46. The Hall–Kier alpha value is -2.75. The number of rotatable bonds is 5. The highest BCUT2D eigenvalue weighted by atomic mass is 35.5. The maximum Gasteiger partial charge on any atom is 0.416 e. The van der Waals surface area contributed by atoms with Crippen molar-refractivity contribution < 1.29 is 18.0 Å². The van der Waals surface area contributed by atoms with Crippen LogP contribution in [0.5, 0.6) is 0 Å². The van der Waals surface area contributed by atoms with Crippen molar-refractivity contribution in [1.29, 1.82) is 0 Å². The van der Waals surface area contributed by atoms with Crippen LogP contribution in [0.2, 0.25) is 10.0 Å². The fraction of sp³-hybridized carbons (Fsp3) is 0.0526. The Labute approximate surface area is 182 Å². The van der Waals surface area contributed by atoms with Crippen molar-refractivity contribution >= 4 is 62.3 Å². The van der Waals surface area contributed by atoms with Crippen molar-refractivity contribution in [3.8, 4) is 0 Å². The quantitative estimate of drug-likeness (QED) is 0.309. The molecule has 5 nitrogen and oxygen atoms in total. The molecule has 0 saturated carbocycles. The molecule has 0 aliphatic carbocycles. The number of aromatic nitrogens is 1. The zero-order valence-electron chi connectivity index (χ0n) is 14.8. The van der Waals surface area contributed by atoms with Crippen LogP contribution in [-0.4, -0.2) is 10.9 Å². The lowest BCUT2D eigenvalue weighted by atomic mass is 10.2. The Morgan fingerprint density at radius 2 is 1.93 bits per heavy atom. The Morgan fingerprint density at radius 1 is 1.13 bits per heavy atom. The monoisotopic (exact) mass is 470 g/mol. The Kier molecular flexibility index (Phi) is 6.86. The summed E-state index contributed by atoms with van der Waals surface area (Å²) in [5.74, 6) is -0.447. The predicted octanol–water partition coefficient (Wildman–Crippen LogP) is 7.54. The summed E-state index contributed by atoms with van der Waals surface area (Å²) in [4.78, 5) is 16.0. The molecule has 1 amide bonds. The molecule has 0 aliphatic heterocycles. The first kappa shape index (κ1) is 21.9. The van der Waals surface area contributed by atoms with Crippen molar-refractivity contribution in [2.45, 2.75) is 6.18 Å². The van der Waals surface area contributed by atoms with Gasteiger partial charge in [0.25, 0.3) is 0 Å². The van der Waals surface area contributed by atoms with Crippen LogP contribution in [0.25, 0.3) is 6.08 Å². The molecule has 0 fully saturated rings. The number of carbonyl (C=O) groups excluding carboxylic acids is 1. The van der Waals surface area contributed by atoms with E-state index in [0.29, 0.717) is 20.6 Å². The zero-order valence-corrected chi connectivity index (χ0v) is 17.1. The SMILES string of the molecule is O=C(/C=C/c1ccc(Cl)cc1Cl)Nc1ncc(N=Nc2cccc(C(F)(F)F)c2)s1. The highest BCUT2D eigenvalue weighted by Crippen LogP contribution is 2.33. The van der Waals surface area contributed by atoms with Gasteiger partial charge in [0.1, 0.15) is 0 Å². The number of hydrogen-bond acceptors (Lipinski definition) is 5. The molecule has 0 saturated heterocycles. The third-order valence-electron chi connectivity index (χ3n) is 3.54. The van der Waals surface area contributed by atoms with Crippen LogP contribution in [0.4, 0.5) is 29.0 Å². The van der Waals surface area contributed by atoms with Gasteiger partial charge >= 0.3 is 6.18 Å². The van der Waals surface area contributed by atoms with Gasteiger partial charge < -0.3 is 0 Å². The van der Waals surface area contributed by atoms with E-state index in [1.165, 1.54) is 30.5 Å². The maximum atomic E-state index is 12.7. The largest absolute Gasteiger partial charge is 0.416 e. The molecule has 0 aliphatic rings. The normalized spacial score (nSPS) is 12.0. The molecule has 0 radical (unpaired) electrons. The van der Waals surface area contributed by atoms with Crippen LogP contribution in [0.15, 0.2) is 65.0 Å². The number of anilines is 1. The standard InChI is InChI=1S/C19H11Cl2F3N4OS/c20-13-6-4-11(15(21)9-13)5-7-16(29)26-18-25-10-17(30-18)28-27-14-3-1-2-12(8-14)19(22,23)24/h1-10H,(H,25,26,29)/b7-5+,28-27?. The summed E-state index contributed by atoms with van der Waals surface area (Å²) in [7, 11) is 0. The molecular formula is C19H11Cl2F3N4OS. The molecule has 2 aromatic carbocycles. The first-order valence-corrected chi connectivity index (χ1v) is 9.77. The molecule has 0 atom stereocenters. The molecule has 0 unspecified atom stereocenters. The number of alkyl halides is 3. The van der Waals surface area contributed by atoms with Gasteiger partial charge in [-0.25, -0.2) is 4.98 Å². The lowest BCUT2D eigenvalue weighted by Gasteiger charge is -2.05. The molecule has 1 N–H and O–H groups in total. The zero-order chi connectivity index (χ0) is 21.7. The Balaban J connectivity index is 1.63. The van der Waals surface area contributed by atoms with Crippen molar-refractivity contribution in [3.63, 3.8) is 0 Å². The van der Waals surface area contributed by atoms with Crippen LogP contribution in [0.3, 0.4) is 0 Å². The van der Waals surface area contributed by atoms with Gasteiger partial charge in [0.2, 0.25) is 5.91 Å². The number of thiazole rings is 1. The molecule has 3 aromatic rings. The van der Waals surface area contributed by atoms with E-state index in [0.717, 1.165) is 23.5 Å². The summed E-state index contributed by atoms with van der Waals surface area (Å²) in [6.45, 7) is 0. The Bertz CT molecular complexity index is 1130. The number of carbonyl (C=O) groups is 1. The van der Waals surface area contributed by atoms with Gasteiger partial charge in [-0.2, -0.15) is 13.2 Å². The number of nitrogens with one attached hydrogen (secondary N) is 1. The number of amides is 1. The fourth-order valence-corrected chi connectivity index (χ4v) is 3.28. The minimum Gasteiger partial charge on any atom is -0.298 e. The number of benzene rings is 2. The summed E-state index contributed by atoms with van der Waals surface area (Å²) >= 11 is 12.9. The summed E-state index contributed by atoms with van der Waals surface area (Å²) in [5, 5.41) is 11.6. The third kappa shape index (κ3) is 6.12. The molecule has 3 rings (SSSR count). The number of hydrogen-bond donors (Lipinski definition) is 1. The van der Waals surface area contributed by atoms with Gasteiger partial charge in [-0.15, -0.1) is 10.2 Å². The molecule has 11 heteroatoms. The molecular weight excluding hydrogens is 460 g/mol. The third-order valence-corrected chi connectivity index (χ3v) is 4.90. The molecule has 0 spiro atoms. The van der Waals surface area contributed by atoms with Crippen LogP contribution in [0, 0.1) is 0 Å². The van der Waals surface area contributed by atoms with Crippen LogP contribution in [0.1, 0.15) is 11.1 Å². The second kappa shape index (κ2) is 9.38. The lowest BCUT2D eigenvalue weighted by Crippen LogP contribution is -2.07. The average Bonchev–Trinajstić information content (AvgIpc) is 3.12. The van der Waals surface area contributed by atoms with E-state index in [1.54, 1.807) is 18.2 Å². The van der Waals surface area contributed by atoms with E-state index >= 15 is 0 Å². The molecule has 154 valence electrons. The van der Waals surface area contributed by atoms with E-state index in [4.69, 9.17) is 23.2 Å². The highest BCUT2D eigenvalue weighted by molar-refractivity contribution is 7.19. The number of nitrogens with zero attached hydrogens (tertiary/aromatic N) is 3.